The Kier molecular flexibility index (Phi) is 5.55. The van der Waals surface area contributed by atoms with Crippen LogP contribution < -0.4 is 0 Å². The number of hydrogen-bond donors (Lipinski definition) is 0. The topological polar surface area (TPSA) is 90.0 Å². The fourth-order valence-electron chi connectivity index (χ4n) is 3.16. The summed E-state index contributed by atoms with van der Waals surface area (Å²) in [4.78, 5) is 24.1. The Morgan fingerprint density at radius 1 is 1.31 bits per heavy atom. The van der Waals surface area contributed by atoms with Crippen LogP contribution in [0.15, 0.2) is 29.2 Å². The van der Waals surface area contributed by atoms with Gasteiger partial charge in [-0.2, -0.15) is 4.31 Å². The molecule has 7 nitrogen and oxygen atoms in total. The number of carbonyl (C=O) groups is 2. The summed E-state index contributed by atoms with van der Waals surface area (Å²) in [5.74, 6) is -1.71. The molecule has 1 aromatic carbocycles. The first-order valence-corrected chi connectivity index (χ1v) is 10.3. The summed E-state index contributed by atoms with van der Waals surface area (Å²) in [6.07, 6.45) is 0.194. The molecule has 2 saturated heterocycles. The van der Waals surface area contributed by atoms with Gasteiger partial charge in [0.2, 0.25) is 16.1 Å². The fourth-order valence-corrected chi connectivity index (χ4v) is 4.81. The monoisotopic (exact) mass is 401 g/mol. The highest BCUT2D eigenvalue weighted by molar-refractivity contribution is 7.89. The molecule has 0 saturated carbocycles. The Bertz CT molecular complexity index is 794. The number of halogens is 1. The Morgan fingerprint density at radius 2 is 2.00 bits per heavy atom. The van der Waals surface area contributed by atoms with Crippen LogP contribution in [0.25, 0.3) is 0 Å². The summed E-state index contributed by atoms with van der Waals surface area (Å²) in [7, 11) is -3.72. The Morgan fingerprint density at radius 3 is 2.62 bits per heavy atom. The molecular formula is C17H20ClNO6S. The molecular weight excluding hydrogens is 382 g/mol. The number of rotatable bonds is 4. The average molecular weight is 402 g/mol. The number of nitrogens with zero attached hydrogens (tertiary/aromatic N) is 1. The van der Waals surface area contributed by atoms with Crippen molar-refractivity contribution in [3.8, 4) is 0 Å². The van der Waals surface area contributed by atoms with Gasteiger partial charge in [0.15, 0.2) is 0 Å². The normalized spacial score (nSPS) is 27.2. The largest absolute Gasteiger partial charge is 0.460 e. The first kappa shape index (κ1) is 19.1. The standard InChI is InChI=1S/C17H20ClNO6S/c1-11-9-15(17(21)24-11)25-16(20)12-3-2-8-19(10-12)26(22,23)14-6-4-13(18)5-7-14/h4-7,11-12,15H,2-3,8-10H2,1H3. The van der Waals surface area contributed by atoms with Gasteiger partial charge < -0.3 is 9.47 Å². The van der Waals surface area contributed by atoms with Crippen LogP contribution >= 0.6 is 11.6 Å². The third-order valence-electron chi connectivity index (χ3n) is 4.55. The molecule has 9 heteroatoms. The van der Waals surface area contributed by atoms with E-state index in [9.17, 15) is 18.0 Å². The van der Waals surface area contributed by atoms with Crippen molar-refractivity contribution in [3.63, 3.8) is 0 Å². The molecule has 2 fully saturated rings. The third-order valence-corrected chi connectivity index (χ3v) is 6.68. The van der Waals surface area contributed by atoms with Gasteiger partial charge in [-0.25, -0.2) is 13.2 Å². The van der Waals surface area contributed by atoms with Crippen molar-refractivity contribution in [3.05, 3.63) is 29.3 Å². The second-order valence-electron chi connectivity index (χ2n) is 6.56. The molecule has 0 bridgehead atoms. The molecule has 3 unspecified atom stereocenters. The molecule has 3 atom stereocenters. The minimum absolute atomic E-state index is 0.0289. The highest BCUT2D eigenvalue weighted by Crippen LogP contribution is 2.27. The number of hydrogen-bond acceptors (Lipinski definition) is 6. The molecule has 0 radical (unpaired) electrons. The minimum atomic E-state index is -3.72. The van der Waals surface area contributed by atoms with E-state index in [0.29, 0.717) is 30.8 Å². The minimum Gasteiger partial charge on any atom is -0.460 e. The van der Waals surface area contributed by atoms with E-state index in [1.807, 2.05) is 0 Å². The maximum Gasteiger partial charge on any atom is 0.347 e. The highest BCUT2D eigenvalue weighted by Gasteiger charge is 2.39. The first-order valence-electron chi connectivity index (χ1n) is 8.44. The summed E-state index contributed by atoms with van der Waals surface area (Å²) in [5, 5.41) is 0.446. The first-order chi connectivity index (χ1) is 12.3. The molecule has 0 N–H and O–H groups in total. The SMILES string of the molecule is CC1CC(OC(=O)C2CCCN(S(=O)(=O)c3ccc(Cl)cc3)C2)C(=O)O1. The van der Waals surface area contributed by atoms with Crippen molar-refractivity contribution in [2.45, 2.75) is 43.3 Å². The van der Waals surface area contributed by atoms with Crippen LogP contribution in [0.1, 0.15) is 26.2 Å². The van der Waals surface area contributed by atoms with Gasteiger partial charge in [-0.3, -0.25) is 4.79 Å². The lowest BCUT2D eigenvalue weighted by Gasteiger charge is -2.31. The number of carbonyl (C=O) groups excluding carboxylic acids is 2. The lowest BCUT2D eigenvalue weighted by atomic mass is 10.00. The molecule has 1 aromatic rings. The maximum absolute atomic E-state index is 12.8. The molecule has 2 heterocycles. The van der Waals surface area contributed by atoms with Crippen molar-refractivity contribution in [1.29, 1.82) is 0 Å². The summed E-state index contributed by atoms with van der Waals surface area (Å²) < 4.78 is 37.0. The van der Waals surface area contributed by atoms with Gasteiger partial charge in [-0.15, -0.1) is 0 Å². The number of piperidine rings is 1. The lowest BCUT2D eigenvalue weighted by molar-refractivity contribution is -0.164. The zero-order chi connectivity index (χ0) is 18.9. The van der Waals surface area contributed by atoms with Gasteiger partial charge in [0.05, 0.1) is 10.8 Å². The summed E-state index contributed by atoms with van der Waals surface area (Å²) in [6, 6.07) is 5.90. The molecule has 2 aliphatic rings. The number of sulfonamides is 1. The van der Waals surface area contributed by atoms with Gasteiger partial charge in [0.1, 0.15) is 6.10 Å². The zero-order valence-corrected chi connectivity index (χ0v) is 15.8. The van der Waals surface area contributed by atoms with E-state index >= 15 is 0 Å². The van der Waals surface area contributed by atoms with E-state index in [1.165, 1.54) is 28.6 Å². The molecule has 0 spiro atoms. The summed E-state index contributed by atoms with van der Waals surface area (Å²) >= 11 is 5.81. The number of cyclic esters (lactones) is 1. The number of esters is 2. The molecule has 0 amide bonds. The number of ether oxygens (including phenoxy) is 2. The predicted octanol–water partition coefficient (Wildman–Crippen LogP) is 1.99. The van der Waals surface area contributed by atoms with Crippen LogP contribution in [0.5, 0.6) is 0 Å². The van der Waals surface area contributed by atoms with E-state index in [0.717, 1.165) is 0 Å². The van der Waals surface area contributed by atoms with E-state index in [-0.39, 0.29) is 17.5 Å². The van der Waals surface area contributed by atoms with Gasteiger partial charge >= 0.3 is 11.9 Å². The molecule has 0 aliphatic carbocycles. The quantitative estimate of drug-likeness (QED) is 0.716. The molecule has 26 heavy (non-hydrogen) atoms. The Labute approximate surface area is 157 Å². The third kappa shape index (κ3) is 4.02. The van der Waals surface area contributed by atoms with E-state index < -0.39 is 34.0 Å². The molecule has 142 valence electrons. The van der Waals surface area contributed by atoms with Gasteiger partial charge in [0.25, 0.3) is 0 Å². The second-order valence-corrected chi connectivity index (χ2v) is 8.94. The van der Waals surface area contributed by atoms with Crippen LogP contribution in [0, 0.1) is 5.92 Å². The van der Waals surface area contributed by atoms with Crippen molar-refractivity contribution in [1.82, 2.24) is 4.31 Å². The van der Waals surface area contributed by atoms with E-state index in [4.69, 9.17) is 21.1 Å². The number of benzene rings is 1. The van der Waals surface area contributed by atoms with Crippen LogP contribution in [-0.4, -0.2) is 50.0 Å². The lowest BCUT2D eigenvalue weighted by Crippen LogP contribution is -2.43. The van der Waals surface area contributed by atoms with Gasteiger partial charge in [0, 0.05) is 24.5 Å². The summed E-state index contributed by atoms with van der Waals surface area (Å²) in [6.45, 7) is 2.09. The smallest absolute Gasteiger partial charge is 0.347 e. The molecule has 3 rings (SSSR count). The Hall–Kier alpha value is -1.64. The average Bonchev–Trinajstić information content (AvgIpc) is 2.92. The maximum atomic E-state index is 12.8. The second kappa shape index (κ2) is 7.54. The van der Waals surface area contributed by atoms with Crippen LogP contribution in [-0.2, 0) is 29.1 Å². The molecule has 2 aliphatic heterocycles. The van der Waals surface area contributed by atoms with Gasteiger partial charge in [-0.1, -0.05) is 11.6 Å². The van der Waals surface area contributed by atoms with Crippen LogP contribution in [0.2, 0.25) is 5.02 Å². The van der Waals surface area contributed by atoms with Crippen molar-refractivity contribution >= 4 is 33.6 Å². The van der Waals surface area contributed by atoms with Crippen LogP contribution in [0.3, 0.4) is 0 Å². The van der Waals surface area contributed by atoms with Gasteiger partial charge in [-0.05, 0) is 44.0 Å². The zero-order valence-electron chi connectivity index (χ0n) is 14.3. The predicted molar refractivity (Wildman–Crippen MR) is 93.0 cm³/mol. The van der Waals surface area contributed by atoms with E-state index in [1.54, 1.807) is 6.92 Å². The molecule has 0 aromatic heterocycles. The van der Waals surface area contributed by atoms with Crippen LogP contribution in [0.4, 0.5) is 0 Å². The summed E-state index contributed by atoms with van der Waals surface area (Å²) in [5.41, 5.74) is 0. The van der Waals surface area contributed by atoms with Crippen molar-refractivity contribution in [2.75, 3.05) is 13.1 Å². The highest BCUT2D eigenvalue weighted by atomic mass is 35.5. The van der Waals surface area contributed by atoms with E-state index in [2.05, 4.69) is 0 Å². The van der Waals surface area contributed by atoms with Crippen molar-refractivity contribution < 1.29 is 27.5 Å². The Balaban J connectivity index is 1.67. The fraction of sp³-hybridized carbons (Fsp3) is 0.529. The van der Waals surface area contributed by atoms with Crippen molar-refractivity contribution in [2.24, 2.45) is 5.92 Å².